The third kappa shape index (κ3) is 3.58. The molecular weight excluding hydrogens is 204 g/mol. The third-order valence-corrected chi connectivity index (χ3v) is 2.04. The van der Waals surface area contributed by atoms with Crippen molar-refractivity contribution in [2.75, 3.05) is 26.0 Å². The molecule has 0 fully saturated rings. The maximum atomic E-state index is 11.3. The number of carbonyl (C=O) groups is 1. The number of carbonyl (C=O) groups excluding carboxylic acids is 1. The predicted molar refractivity (Wildman–Crippen MR) is 60.8 cm³/mol. The third-order valence-electron chi connectivity index (χ3n) is 2.04. The second kappa shape index (κ2) is 5.71. The number of rotatable bonds is 4. The van der Waals surface area contributed by atoms with Gasteiger partial charge in [0, 0.05) is 38.9 Å². The summed E-state index contributed by atoms with van der Waals surface area (Å²) in [5, 5.41) is 11.7. The van der Waals surface area contributed by atoms with Crippen LogP contribution in [0.4, 0.5) is 5.69 Å². The van der Waals surface area contributed by atoms with E-state index in [2.05, 4.69) is 10.3 Å². The Bertz CT molecular complexity index is 409. The fraction of sp³-hybridized carbons (Fsp3) is 0.364. The Morgan fingerprint density at radius 3 is 3.00 bits per heavy atom. The highest BCUT2D eigenvalue weighted by molar-refractivity contribution is 5.76. The molecule has 1 aromatic heterocycles. The summed E-state index contributed by atoms with van der Waals surface area (Å²) in [6.45, 7) is 0.548. The fourth-order valence-electron chi connectivity index (χ4n) is 1.14. The molecule has 16 heavy (non-hydrogen) atoms. The lowest BCUT2D eigenvalue weighted by Crippen LogP contribution is -2.23. The number of anilines is 1. The molecule has 0 spiro atoms. The van der Waals surface area contributed by atoms with E-state index in [4.69, 9.17) is 5.26 Å². The molecule has 84 valence electrons. The number of amides is 1. The van der Waals surface area contributed by atoms with Gasteiger partial charge in [-0.1, -0.05) is 0 Å². The topological polar surface area (TPSA) is 69.0 Å². The first-order valence-corrected chi connectivity index (χ1v) is 4.93. The van der Waals surface area contributed by atoms with E-state index >= 15 is 0 Å². The van der Waals surface area contributed by atoms with Gasteiger partial charge in [-0.2, -0.15) is 5.26 Å². The van der Waals surface area contributed by atoms with Crippen LogP contribution in [0, 0.1) is 11.3 Å². The van der Waals surface area contributed by atoms with Gasteiger partial charge in [-0.05, 0) is 12.1 Å². The quantitative estimate of drug-likeness (QED) is 0.813. The van der Waals surface area contributed by atoms with Crippen LogP contribution in [0.5, 0.6) is 0 Å². The predicted octanol–water partition coefficient (Wildman–Crippen LogP) is 0.843. The minimum absolute atomic E-state index is 0.0714. The van der Waals surface area contributed by atoms with E-state index in [1.165, 1.54) is 0 Å². The van der Waals surface area contributed by atoms with Crippen LogP contribution in [-0.4, -0.2) is 36.4 Å². The highest BCUT2D eigenvalue weighted by atomic mass is 16.2. The molecule has 0 bridgehead atoms. The van der Waals surface area contributed by atoms with Gasteiger partial charge in [0.2, 0.25) is 5.91 Å². The number of nitrogens with one attached hydrogen (secondary N) is 1. The summed E-state index contributed by atoms with van der Waals surface area (Å²) < 4.78 is 0. The van der Waals surface area contributed by atoms with Gasteiger partial charge in [-0.3, -0.25) is 4.79 Å². The van der Waals surface area contributed by atoms with Crippen molar-refractivity contribution in [3.8, 4) is 6.07 Å². The summed E-state index contributed by atoms with van der Waals surface area (Å²) in [7, 11) is 3.45. The van der Waals surface area contributed by atoms with Gasteiger partial charge in [0.1, 0.15) is 11.8 Å². The molecule has 0 saturated carbocycles. The average molecular weight is 218 g/mol. The van der Waals surface area contributed by atoms with Crippen LogP contribution in [0.15, 0.2) is 18.3 Å². The van der Waals surface area contributed by atoms with Crippen LogP contribution >= 0.6 is 0 Å². The van der Waals surface area contributed by atoms with E-state index in [-0.39, 0.29) is 5.91 Å². The fourth-order valence-corrected chi connectivity index (χ4v) is 1.14. The minimum Gasteiger partial charge on any atom is -0.384 e. The number of hydrogen-bond donors (Lipinski definition) is 1. The van der Waals surface area contributed by atoms with Crippen LogP contribution in [0.3, 0.4) is 0 Å². The summed E-state index contributed by atoms with van der Waals surface area (Å²) in [5.74, 6) is 0.0714. The van der Waals surface area contributed by atoms with Gasteiger partial charge < -0.3 is 10.2 Å². The van der Waals surface area contributed by atoms with Crippen LogP contribution in [-0.2, 0) is 4.79 Å². The molecule has 1 N–H and O–H groups in total. The molecule has 5 heteroatoms. The van der Waals surface area contributed by atoms with Gasteiger partial charge in [0.05, 0.1) is 0 Å². The normalized spacial score (nSPS) is 9.31. The summed E-state index contributed by atoms with van der Waals surface area (Å²) in [4.78, 5) is 16.7. The second-order valence-corrected chi connectivity index (χ2v) is 3.51. The largest absolute Gasteiger partial charge is 0.384 e. The molecule has 0 aliphatic rings. The van der Waals surface area contributed by atoms with E-state index in [1.807, 2.05) is 6.07 Å². The van der Waals surface area contributed by atoms with Crippen LogP contribution in [0.2, 0.25) is 0 Å². The van der Waals surface area contributed by atoms with Gasteiger partial charge in [-0.15, -0.1) is 0 Å². The molecule has 0 saturated heterocycles. The second-order valence-electron chi connectivity index (χ2n) is 3.51. The molecular formula is C11H14N4O. The molecule has 0 aliphatic heterocycles. The number of nitriles is 1. The number of nitrogens with zero attached hydrogens (tertiary/aromatic N) is 3. The lowest BCUT2D eigenvalue weighted by atomic mass is 10.3. The van der Waals surface area contributed by atoms with E-state index < -0.39 is 0 Å². The standard InChI is InChI=1S/C11H14N4O/c1-15(2)11(16)4-6-13-9-3-5-14-10(7-9)8-12/h3,5,7H,4,6H2,1-2H3,(H,13,14). The minimum atomic E-state index is 0.0714. The van der Waals surface area contributed by atoms with Crippen LogP contribution < -0.4 is 5.32 Å². The molecule has 1 rings (SSSR count). The van der Waals surface area contributed by atoms with Crippen molar-refractivity contribution in [2.24, 2.45) is 0 Å². The summed E-state index contributed by atoms with van der Waals surface area (Å²) in [5.41, 5.74) is 1.17. The zero-order chi connectivity index (χ0) is 12.0. The number of pyridine rings is 1. The van der Waals surface area contributed by atoms with Gasteiger partial charge in [0.15, 0.2) is 0 Å². The van der Waals surface area contributed by atoms with Crippen molar-refractivity contribution in [1.29, 1.82) is 5.26 Å². The lowest BCUT2D eigenvalue weighted by molar-refractivity contribution is -0.128. The van der Waals surface area contributed by atoms with Crippen molar-refractivity contribution in [3.63, 3.8) is 0 Å². The first-order chi connectivity index (χ1) is 7.63. The highest BCUT2D eigenvalue weighted by Crippen LogP contribution is 2.06. The van der Waals surface area contributed by atoms with E-state index in [9.17, 15) is 4.79 Å². The van der Waals surface area contributed by atoms with E-state index in [0.29, 0.717) is 18.7 Å². The van der Waals surface area contributed by atoms with Crippen LogP contribution in [0.1, 0.15) is 12.1 Å². The maximum absolute atomic E-state index is 11.3. The molecule has 0 radical (unpaired) electrons. The van der Waals surface area contributed by atoms with E-state index in [0.717, 1.165) is 5.69 Å². The Hall–Kier alpha value is -2.09. The summed E-state index contributed by atoms with van der Waals surface area (Å²) in [6.07, 6.45) is 1.99. The molecule has 0 unspecified atom stereocenters. The first-order valence-electron chi connectivity index (χ1n) is 4.93. The smallest absolute Gasteiger partial charge is 0.223 e. The van der Waals surface area contributed by atoms with Crippen molar-refractivity contribution in [3.05, 3.63) is 24.0 Å². The molecule has 0 aromatic carbocycles. The Morgan fingerprint density at radius 1 is 1.62 bits per heavy atom. The van der Waals surface area contributed by atoms with Crippen LogP contribution in [0.25, 0.3) is 0 Å². The molecule has 5 nitrogen and oxygen atoms in total. The molecule has 0 atom stereocenters. The summed E-state index contributed by atoms with van der Waals surface area (Å²) >= 11 is 0. The highest BCUT2D eigenvalue weighted by Gasteiger charge is 2.03. The van der Waals surface area contributed by atoms with Crippen molar-refractivity contribution in [1.82, 2.24) is 9.88 Å². The zero-order valence-corrected chi connectivity index (χ0v) is 9.40. The molecule has 1 amide bonds. The first kappa shape index (κ1) is 12.0. The Labute approximate surface area is 94.7 Å². The SMILES string of the molecule is CN(C)C(=O)CCNc1ccnc(C#N)c1. The number of aromatic nitrogens is 1. The molecule has 1 heterocycles. The summed E-state index contributed by atoms with van der Waals surface area (Å²) in [6, 6.07) is 5.38. The van der Waals surface area contributed by atoms with Gasteiger partial charge in [0.25, 0.3) is 0 Å². The number of hydrogen-bond acceptors (Lipinski definition) is 4. The van der Waals surface area contributed by atoms with Crippen molar-refractivity contribution < 1.29 is 4.79 Å². The lowest BCUT2D eigenvalue weighted by Gasteiger charge is -2.11. The van der Waals surface area contributed by atoms with E-state index in [1.54, 1.807) is 37.3 Å². The average Bonchev–Trinajstić information content (AvgIpc) is 2.29. The van der Waals surface area contributed by atoms with Crippen molar-refractivity contribution >= 4 is 11.6 Å². The zero-order valence-electron chi connectivity index (χ0n) is 9.40. The maximum Gasteiger partial charge on any atom is 0.223 e. The molecule has 1 aromatic rings. The Kier molecular flexibility index (Phi) is 4.28. The Morgan fingerprint density at radius 2 is 2.38 bits per heavy atom. The molecule has 0 aliphatic carbocycles. The van der Waals surface area contributed by atoms with Gasteiger partial charge in [-0.25, -0.2) is 4.98 Å². The van der Waals surface area contributed by atoms with Crippen molar-refractivity contribution in [2.45, 2.75) is 6.42 Å². The monoisotopic (exact) mass is 218 g/mol. The van der Waals surface area contributed by atoms with Gasteiger partial charge >= 0.3 is 0 Å². The Balaban J connectivity index is 2.43.